The van der Waals surface area contributed by atoms with E-state index in [1.165, 1.54) is 5.56 Å². The molecule has 0 atom stereocenters. The Hall–Kier alpha value is -2.80. The minimum atomic E-state index is -0.260. The van der Waals surface area contributed by atoms with Crippen LogP contribution in [0.2, 0.25) is 0 Å². The number of nitrogens with zero attached hydrogens (tertiary/aromatic N) is 2. The molecule has 164 valence electrons. The van der Waals surface area contributed by atoms with Crippen LogP contribution < -0.4 is 15.8 Å². The van der Waals surface area contributed by atoms with Crippen molar-refractivity contribution in [1.82, 2.24) is 15.3 Å². The number of nitrogens with two attached hydrogens (primary N) is 1. The van der Waals surface area contributed by atoms with Crippen LogP contribution in [0, 0.1) is 5.41 Å². The third-order valence-electron chi connectivity index (χ3n) is 7.08. The average molecular weight is 425 g/mol. The van der Waals surface area contributed by atoms with Crippen molar-refractivity contribution in [3.63, 3.8) is 0 Å². The maximum absolute atomic E-state index is 13.0. The molecular formula is C24H29FN4O2. The second-order valence-electron chi connectivity index (χ2n) is 8.72. The number of carbonyl (C=O) groups excluding carboxylic acids is 1. The van der Waals surface area contributed by atoms with Crippen LogP contribution in [0.1, 0.15) is 49.8 Å². The molecule has 3 aliphatic rings. The van der Waals surface area contributed by atoms with Gasteiger partial charge in [-0.15, -0.1) is 0 Å². The zero-order valence-electron chi connectivity index (χ0n) is 17.6. The smallest absolute Gasteiger partial charge is 0.226 e. The zero-order valence-corrected chi connectivity index (χ0v) is 17.6. The van der Waals surface area contributed by atoms with E-state index in [9.17, 15) is 9.18 Å². The Bertz CT molecular complexity index is 906. The number of carbonyl (C=O) groups is 1. The minimum Gasteiger partial charge on any atom is -0.489 e. The van der Waals surface area contributed by atoms with Gasteiger partial charge in [0.15, 0.2) is 0 Å². The highest BCUT2D eigenvalue weighted by Crippen LogP contribution is 2.57. The Morgan fingerprint density at radius 1 is 1.13 bits per heavy atom. The summed E-state index contributed by atoms with van der Waals surface area (Å²) in [6.07, 6.45) is 11.2. The van der Waals surface area contributed by atoms with E-state index < -0.39 is 0 Å². The molecule has 0 spiro atoms. The summed E-state index contributed by atoms with van der Waals surface area (Å²) in [5.74, 6) is 0.851. The van der Waals surface area contributed by atoms with Crippen LogP contribution in [0.4, 0.5) is 4.39 Å². The lowest BCUT2D eigenvalue weighted by Gasteiger charge is -2.52. The second-order valence-corrected chi connectivity index (χ2v) is 8.72. The monoisotopic (exact) mass is 424 g/mol. The lowest BCUT2D eigenvalue weighted by Crippen LogP contribution is -2.51. The van der Waals surface area contributed by atoms with E-state index in [0.29, 0.717) is 24.2 Å². The van der Waals surface area contributed by atoms with Gasteiger partial charge < -0.3 is 15.8 Å². The van der Waals surface area contributed by atoms with Gasteiger partial charge in [0.05, 0.1) is 24.8 Å². The SMILES string of the molecule is NC/C(=C\F)COc1ccc(C23CCC(C(=O)NCc4cnccn4)(CC2)CC3)cc1. The van der Waals surface area contributed by atoms with Gasteiger partial charge in [-0.3, -0.25) is 14.8 Å². The number of benzene rings is 1. The van der Waals surface area contributed by atoms with Crippen molar-refractivity contribution < 1.29 is 13.9 Å². The molecule has 7 heteroatoms. The Kier molecular flexibility index (Phi) is 6.32. The normalized spacial score (nSPS) is 25.3. The first-order chi connectivity index (χ1) is 15.1. The lowest BCUT2D eigenvalue weighted by molar-refractivity contribution is -0.138. The predicted octanol–water partition coefficient (Wildman–Crippen LogP) is 3.58. The molecular weight excluding hydrogens is 395 g/mol. The number of amides is 1. The Balaban J connectivity index is 1.35. The van der Waals surface area contributed by atoms with Crippen LogP contribution >= 0.6 is 0 Å². The minimum absolute atomic E-state index is 0.132. The van der Waals surface area contributed by atoms with Crippen molar-refractivity contribution in [2.24, 2.45) is 11.1 Å². The van der Waals surface area contributed by atoms with E-state index in [1.807, 2.05) is 12.1 Å². The standard InChI is InChI=1S/C24H29FN4O2/c25-13-18(14-26)17-31-21-3-1-19(2-4-21)23-5-8-24(9-6-23,10-7-23)22(30)29-16-20-15-27-11-12-28-20/h1-4,11-13,15H,5-10,14,16-17,26H2,(H,29,30)/b18-13+. The summed E-state index contributed by atoms with van der Waals surface area (Å²) in [5, 5.41) is 3.08. The first-order valence-corrected chi connectivity index (χ1v) is 10.8. The van der Waals surface area contributed by atoms with Gasteiger partial charge in [0.2, 0.25) is 5.91 Å². The highest BCUT2D eigenvalue weighted by molar-refractivity contribution is 5.83. The highest BCUT2D eigenvalue weighted by Gasteiger charge is 2.52. The second kappa shape index (κ2) is 9.14. The van der Waals surface area contributed by atoms with Crippen molar-refractivity contribution in [3.8, 4) is 5.75 Å². The molecule has 2 bridgehead atoms. The van der Waals surface area contributed by atoms with Crippen molar-refractivity contribution >= 4 is 5.91 Å². The lowest BCUT2D eigenvalue weighted by atomic mass is 9.51. The van der Waals surface area contributed by atoms with E-state index >= 15 is 0 Å². The van der Waals surface area contributed by atoms with Gasteiger partial charge in [-0.05, 0) is 61.6 Å². The fourth-order valence-corrected chi connectivity index (χ4v) is 4.95. The number of nitrogens with one attached hydrogen (secondary N) is 1. The first-order valence-electron chi connectivity index (χ1n) is 10.8. The molecule has 1 amide bonds. The van der Waals surface area contributed by atoms with E-state index in [2.05, 4.69) is 27.4 Å². The van der Waals surface area contributed by atoms with E-state index in [0.717, 1.165) is 44.2 Å². The van der Waals surface area contributed by atoms with Crippen LogP contribution in [0.25, 0.3) is 0 Å². The molecule has 0 radical (unpaired) electrons. The highest BCUT2D eigenvalue weighted by atomic mass is 19.1. The Morgan fingerprint density at radius 3 is 2.42 bits per heavy atom. The van der Waals surface area contributed by atoms with Crippen LogP contribution in [0.3, 0.4) is 0 Å². The summed E-state index contributed by atoms with van der Waals surface area (Å²) in [6.45, 7) is 0.722. The van der Waals surface area contributed by atoms with E-state index in [4.69, 9.17) is 10.5 Å². The molecule has 31 heavy (non-hydrogen) atoms. The fourth-order valence-electron chi connectivity index (χ4n) is 4.95. The molecule has 2 aromatic rings. The maximum Gasteiger partial charge on any atom is 0.226 e. The van der Waals surface area contributed by atoms with Gasteiger partial charge >= 0.3 is 0 Å². The molecule has 3 saturated carbocycles. The molecule has 3 aliphatic carbocycles. The van der Waals surface area contributed by atoms with Gasteiger partial charge in [0, 0.05) is 29.9 Å². The summed E-state index contributed by atoms with van der Waals surface area (Å²) in [4.78, 5) is 21.3. The number of fused-ring (bicyclic) bond motifs is 3. The fraction of sp³-hybridized carbons (Fsp3) is 0.458. The van der Waals surface area contributed by atoms with Crippen LogP contribution in [0.5, 0.6) is 5.75 Å². The van der Waals surface area contributed by atoms with Gasteiger partial charge in [-0.1, -0.05) is 12.1 Å². The van der Waals surface area contributed by atoms with Crippen molar-refractivity contribution in [2.75, 3.05) is 13.2 Å². The number of aromatic nitrogens is 2. The van der Waals surface area contributed by atoms with Gasteiger partial charge in [0.1, 0.15) is 12.4 Å². The summed E-state index contributed by atoms with van der Waals surface area (Å²) in [6, 6.07) is 8.12. The molecule has 5 rings (SSSR count). The number of hydrogen-bond donors (Lipinski definition) is 2. The summed E-state index contributed by atoms with van der Waals surface area (Å²) in [7, 11) is 0. The van der Waals surface area contributed by atoms with Gasteiger partial charge in [-0.25, -0.2) is 4.39 Å². The Labute approximate surface area is 182 Å². The predicted molar refractivity (Wildman–Crippen MR) is 116 cm³/mol. The van der Waals surface area contributed by atoms with Crippen LogP contribution in [0.15, 0.2) is 54.8 Å². The van der Waals surface area contributed by atoms with Crippen LogP contribution in [-0.2, 0) is 16.8 Å². The largest absolute Gasteiger partial charge is 0.489 e. The number of rotatable bonds is 8. The summed E-state index contributed by atoms with van der Waals surface area (Å²) < 4.78 is 18.3. The number of ether oxygens (including phenoxy) is 1. The molecule has 0 saturated heterocycles. The molecule has 3 N–H and O–H groups in total. The quantitative estimate of drug-likeness (QED) is 0.676. The molecule has 6 nitrogen and oxygen atoms in total. The van der Waals surface area contributed by atoms with E-state index in [-0.39, 0.29) is 29.9 Å². The van der Waals surface area contributed by atoms with Gasteiger partial charge in [0.25, 0.3) is 0 Å². The van der Waals surface area contributed by atoms with Crippen molar-refractivity contribution in [1.29, 1.82) is 0 Å². The summed E-state index contributed by atoms with van der Waals surface area (Å²) in [5.41, 5.74) is 7.84. The number of halogens is 1. The summed E-state index contributed by atoms with van der Waals surface area (Å²) >= 11 is 0. The molecule has 1 aromatic heterocycles. The van der Waals surface area contributed by atoms with Gasteiger partial charge in [-0.2, -0.15) is 0 Å². The molecule has 1 aromatic carbocycles. The van der Waals surface area contributed by atoms with Crippen molar-refractivity contribution in [2.45, 2.75) is 50.5 Å². The van der Waals surface area contributed by atoms with Crippen LogP contribution in [-0.4, -0.2) is 29.0 Å². The third-order valence-corrected chi connectivity index (χ3v) is 7.08. The Morgan fingerprint density at radius 2 is 1.84 bits per heavy atom. The molecule has 1 heterocycles. The maximum atomic E-state index is 13.0. The van der Waals surface area contributed by atoms with Crippen molar-refractivity contribution in [3.05, 3.63) is 66.0 Å². The zero-order chi connectivity index (χ0) is 21.7. The van der Waals surface area contributed by atoms with E-state index in [1.54, 1.807) is 18.6 Å². The average Bonchev–Trinajstić information content (AvgIpc) is 2.85. The molecule has 0 aliphatic heterocycles. The third kappa shape index (κ3) is 4.46. The molecule has 3 fully saturated rings. The first kappa shape index (κ1) is 21.4. The molecule has 0 unspecified atom stereocenters. The topological polar surface area (TPSA) is 90.1 Å². The number of hydrogen-bond acceptors (Lipinski definition) is 5.